The van der Waals surface area contributed by atoms with E-state index in [0.29, 0.717) is 19.1 Å². The van der Waals surface area contributed by atoms with Gasteiger partial charge in [-0.2, -0.15) is 0 Å². The van der Waals surface area contributed by atoms with Gasteiger partial charge in [0.2, 0.25) is 5.95 Å². The van der Waals surface area contributed by atoms with Crippen LogP contribution in [0.4, 0.5) is 5.95 Å². The van der Waals surface area contributed by atoms with Gasteiger partial charge in [-0.15, -0.1) is 0 Å². The van der Waals surface area contributed by atoms with Gasteiger partial charge >= 0.3 is 0 Å². The van der Waals surface area contributed by atoms with Gasteiger partial charge in [-0.05, 0) is 0 Å². The average Bonchev–Trinajstić information content (AvgIpc) is 2.23. The van der Waals surface area contributed by atoms with Gasteiger partial charge in [0.15, 0.2) is 0 Å². The SMILES string of the molecule is COCCNCc1cc(=O)[nH]c(N(C)C)n1. The minimum Gasteiger partial charge on any atom is -0.383 e. The van der Waals surface area contributed by atoms with E-state index in [4.69, 9.17) is 4.74 Å². The molecule has 0 bridgehead atoms. The maximum Gasteiger partial charge on any atom is 0.252 e. The van der Waals surface area contributed by atoms with Crippen molar-refractivity contribution in [3.05, 3.63) is 22.1 Å². The number of hydrogen-bond acceptors (Lipinski definition) is 5. The van der Waals surface area contributed by atoms with Crippen LogP contribution in [0.15, 0.2) is 10.9 Å². The van der Waals surface area contributed by atoms with Gasteiger partial charge in [-0.3, -0.25) is 9.78 Å². The Balaban J connectivity index is 2.62. The highest BCUT2D eigenvalue weighted by Gasteiger charge is 2.02. The molecule has 0 saturated carbocycles. The molecule has 0 aliphatic rings. The van der Waals surface area contributed by atoms with Gasteiger partial charge < -0.3 is 15.0 Å². The van der Waals surface area contributed by atoms with Crippen molar-refractivity contribution >= 4 is 5.95 Å². The summed E-state index contributed by atoms with van der Waals surface area (Å²) in [5.74, 6) is 0.566. The zero-order valence-corrected chi connectivity index (χ0v) is 9.91. The maximum atomic E-state index is 11.3. The normalized spacial score (nSPS) is 10.4. The van der Waals surface area contributed by atoms with E-state index >= 15 is 0 Å². The Kier molecular flexibility index (Phi) is 4.94. The van der Waals surface area contributed by atoms with Crippen LogP contribution in [0.1, 0.15) is 5.69 Å². The van der Waals surface area contributed by atoms with E-state index in [1.165, 1.54) is 6.07 Å². The smallest absolute Gasteiger partial charge is 0.252 e. The van der Waals surface area contributed by atoms with Crippen molar-refractivity contribution < 1.29 is 4.74 Å². The Morgan fingerprint density at radius 1 is 1.56 bits per heavy atom. The fraction of sp³-hybridized carbons (Fsp3) is 0.600. The van der Waals surface area contributed by atoms with E-state index in [-0.39, 0.29) is 5.56 Å². The molecule has 0 aliphatic heterocycles. The Labute approximate surface area is 94.6 Å². The van der Waals surface area contributed by atoms with E-state index in [1.54, 1.807) is 12.0 Å². The average molecular weight is 226 g/mol. The molecule has 0 unspecified atom stereocenters. The summed E-state index contributed by atoms with van der Waals surface area (Å²) in [6.45, 7) is 1.94. The van der Waals surface area contributed by atoms with Crippen molar-refractivity contribution in [1.82, 2.24) is 15.3 Å². The highest BCUT2D eigenvalue weighted by atomic mass is 16.5. The molecule has 0 fully saturated rings. The second kappa shape index (κ2) is 6.24. The first-order valence-corrected chi connectivity index (χ1v) is 5.10. The number of methoxy groups -OCH3 is 1. The molecule has 0 aromatic carbocycles. The molecule has 16 heavy (non-hydrogen) atoms. The molecular formula is C10H18N4O2. The van der Waals surface area contributed by atoms with E-state index < -0.39 is 0 Å². The number of aromatic nitrogens is 2. The van der Waals surface area contributed by atoms with Crippen LogP contribution in [0.2, 0.25) is 0 Å². The molecule has 1 aromatic heterocycles. The number of hydrogen-bond donors (Lipinski definition) is 2. The zero-order chi connectivity index (χ0) is 12.0. The van der Waals surface area contributed by atoms with Gasteiger partial charge in [0.25, 0.3) is 5.56 Å². The summed E-state index contributed by atoms with van der Waals surface area (Å²) in [5, 5.41) is 3.14. The van der Waals surface area contributed by atoms with E-state index in [2.05, 4.69) is 15.3 Å². The van der Waals surface area contributed by atoms with Crippen molar-refractivity contribution in [2.45, 2.75) is 6.54 Å². The van der Waals surface area contributed by atoms with E-state index in [0.717, 1.165) is 12.2 Å². The van der Waals surface area contributed by atoms with Crippen molar-refractivity contribution in [2.24, 2.45) is 0 Å². The lowest BCUT2D eigenvalue weighted by Gasteiger charge is -2.11. The molecule has 1 aromatic rings. The number of rotatable bonds is 6. The lowest BCUT2D eigenvalue weighted by atomic mass is 10.4. The molecule has 1 rings (SSSR count). The molecule has 0 atom stereocenters. The molecule has 0 aliphatic carbocycles. The van der Waals surface area contributed by atoms with Crippen LogP contribution in [0.3, 0.4) is 0 Å². The van der Waals surface area contributed by atoms with Gasteiger partial charge in [-0.1, -0.05) is 0 Å². The first kappa shape index (κ1) is 12.7. The summed E-state index contributed by atoms with van der Waals surface area (Å²) < 4.78 is 4.91. The molecule has 0 amide bonds. The van der Waals surface area contributed by atoms with Crippen LogP contribution >= 0.6 is 0 Å². The Hall–Kier alpha value is -1.40. The predicted molar refractivity (Wildman–Crippen MR) is 62.8 cm³/mol. The third kappa shape index (κ3) is 4.00. The standard InChI is InChI=1S/C10H18N4O2/c1-14(2)10-12-8(6-9(15)13-10)7-11-4-5-16-3/h6,11H,4-5,7H2,1-3H3,(H,12,13,15). The molecule has 0 radical (unpaired) electrons. The second-order valence-corrected chi connectivity index (χ2v) is 3.62. The van der Waals surface area contributed by atoms with Crippen LogP contribution in [-0.2, 0) is 11.3 Å². The van der Waals surface area contributed by atoms with Gasteiger partial charge in [0.05, 0.1) is 12.3 Å². The Morgan fingerprint density at radius 2 is 2.31 bits per heavy atom. The summed E-state index contributed by atoms with van der Waals surface area (Å²) in [6, 6.07) is 1.49. The quantitative estimate of drug-likeness (QED) is 0.644. The van der Waals surface area contributed by atoms with Gasteiger partial charge in [-0.25, -0.2) is 4.98 Å². The number of H-pyrrole nitrogens is 1. The first-order valence-electron chi connectivity index (χ1n) is 5.10. The van der Waals surface area contributed by atoms with Gasteiger partial charge in [0, 0.05) is 40.4 Å². The van der Waals surface area contributed by atoms with Gasteiger partial charge in [0.1, 0.15) is 0 Å². The van der Waals surface area contributed by atoms with Crippen molar-refractivity contribution in [2.75, 3.05) is 39.3 Å². The Bertz CT molecular complexity index is 375. The molecule has 0 spiro atoms. The molecule has 1 heterocycles. The molecule has 90 valence electrons. The van der Waals surface area contributed by atoms with Crippen molar-refractivity contribution in [3.8, 4) is 0 Å². The number of nitrogens with one attached hydrogen (secondary N) is 2. The molecule has 6 heteroatoms. The zero-order valence-electron chi connectivity index (χ0n) is 9.91. The number of anilines is 1. The predicted octanol–water partition coefficient (Wildman–Crippen LogP) is -0.428. The Morgan fingerprint density at radius 3 is 2.94 bits per heavy atom. The highest BCUT2D eigenvalue weighted by Crippen LogP contribution is 1.99. The van der Waals surface area contributed by atoms with Crippen molar-refractivity contribution in [1.29, 1.82) is 0 Å². The van der Waals surface area contributed by atoms with E-state index in [9.17, 15) is 4.79 Å². The van der Waals surface area contributed by atoms with Crippen LogP contribution in [0.5, 0.6) is 0 Å². The summed E-state index contributed by atoms with van der Waals surface area (Å²) in [4.78, 5) is 20.0. The number of ether oxygens (including phenoxy) is 1. The lowest BCUT2D eigenvalue weighted by molar-refractivity contribution is 0.199. The third-order valence-corrected chi connectivity index (χ3v) is 1.99. The van der Waals surface area contributed by atoms with Crippen molar-refractivity contribution in [3.63, 3.8) is 0 Å². The first-order chi connectivity index (χ1) is 7.63. The molecular weight excluding hydrogens is 208 g/mol. The molecule has 6 nitrogen and oxygen atoms in total. The topological polar surface area (TPSA) is 70.2 Å². The molecule has 0 saturated heterocycles. The van der Waals surface area contributed by atoms with E-state index in [1.807, 2.05) is 14.1 Å². The number of aromatic amines is 1. The largest absolute Gasteiger partial charge is 0.383 e. The lowest BCUT2D eigenvalue weighted by Crippen LogP contribution is -2.23. The number of nitrogens with zero attached hydrogens (tertiary/aromatic N) is 2. The summed E-state index contributed by atoms with van der Waals surface area (Å²) >= 11 is 0. The highest BCUT2D eigenvalue weighted by molar-refractivity contribution is 5.27. The second-order valence-electron chi connectivity index (χ2n) is 3.62. The van der Waals surface area contributed by atoms with Crippen LogP contribution in [0, 0.1) is 0 Å². The fourth-order valence-electron chi connectivity index (χ4n) is 1.19. The minimum atomic E-state index is -0.137. The minimum absolute atomic E-state index is 0.137. The summed E-state index contributed by atoms with van der Waals surface area (Å²) in [7, 11) is 5.32. The maximum absolute atomic E-state index is 11.3. The molecule has 2 N–H and O–H groups in total. The summed E-state index contributed by atoms with van der Waals surface area (Å²) in [5.41, 5.74) is 0.589. The van der Waals surface area contributed by atoms with Crippen LogP contribution in [-0.4, -0.2) is 44.3 Å². The fourth-order valence-corrected chi connectivity index (χ4v) is 1.19. The third-order valence-electron chi connectivity index (χ3n) is 1.99. The van der Waals surface area contributed by atoms with Crippen LogP contribution < -0.4 is 15.8 Å². The monoisotopic (exact) mass is 226 g/mol. The summed E-state index contributed by atoms with van der Waals surface area (Å²) in [6.07, 6.45) is 0. The van der Waals surface area contributed by atoms with Crippen LogP contribution in [0.25, 0.3) is 0 Å².